The molecule has 1 aromatic heterocycles. The van der Waals surface area contributed by atoms with Gasteiger partial charge in [-0.1, -0.05) is 19.8 Å². The normalized spacial score (nSPS) is 16.5. The number of hydrogen-bond donors (Lipinski definition) is 2. The lowest BCUT2D eigenvalue weighted by atomic mass is 9.87. The van der Waals surface area contributed by atoms with Crippen molar-refractivity contribution < 1.29 is 41.0 Å². The Kier molecular flexibility index (Phi) is 12.4. The van der Waals surface area contributed by atoms with Gasteiger partial charge in [0, 0.05) is 29.9 Å². The first-order chi connectivity index (χ1) is 25.4. The Morgan fingerprint density at radius 2 is 1.61 bits per heavy atom. The van der Waals surface area contributed by atoms with Crippen molar-refractivity contribution >= 4 is 11.9 Å². The molecule has 2 unspecified atom stereocenters. The Morgan fingerprint density at radius 3 is 2.15 bits per heavy atom. The first-order valence-corrected chi connectivity index (χ1v) is 18.2. The van der Waals surface area contributed by atoms with Crippen molar-refractivity contribution in [3.8, 4) is 23.0 Å². The average Bonchev–Trinajstić information content (AvgIpc) is 3.89. The van der Waals surface area contributed by atoms with Crippen LogP contribution in [0, 0.1) is 55.0 Å². The van der Waals surface area contributed by atoms with Gasteiger partial charge in [0.1, 0.15) is 23.5 Å². The topological polar surface area (TPSA) is 91.6 Å². The maximum atomic E-state index is 16.7. The highest BCUT2D eigenvalue weighted by atomic mass is 19.4. The van der Waals surface area contributed by atoms with Gasteiger partial charge < -0.3 is 19.9 Å². The lowest BCUT2D eigenvalue weighted by Gasteiger charge is -2.34. The summed E-state index contributed by atoms with van der Waals surface area (Å²) in [5.74, 6) is -0.693. The molecule has 5 rings (SSSR count). The van der Waals surface area contributed by atoms with Gasteiger partial charge in [0.15, 0.2) is 0 Å². The van der Waals surface area contributed by atoms with E-state index >= 15 is 8.78 Å². The fourth-order valence-electron chi connectivity index (χ4n) is 7.64. The van der Waals surface area contributed by atoms with Crippen LogP contribution in [0.4, 0.5) is 26.3 Å². The zero-order valence-electron chi connectivity index (χ0n) is 31.0. The van der Waals surface area contributed by atoms with Gasteiger partial charge in [-0.15, -0.1) is 5.92 Å². The Morgan fingerprint density at radius 1 is 0.981 bits per heavy atom. The molecule has 0 radical (unpaired) electrons. The number of rotatable bonds is 12. The molecule has 1 saturated carbocycles. The number of halogens is 6. The highest BCUT2D eigenvalue weighted by Gasteiger charge is 2.39. The minimum Gasteiger partial charge on any atom is -0.481 e. The van der Waals surface area contributed by atoms with Crippen molar-refractivity contribution in [2.24, 2.45) is 11.8 Å². The molecule has 2 aliphatic rings. The molecular formula is C41H45F6N3O4. The van der Waals surface area contributed by atoms with E-state index in [2.05, 4.69) is 22.1 Å². The number of pyridine rings is 1. The van der Waals surface area contributed by atoms with E-state index in [9.17, 15) is 37.1 Å². The first kappa shape index (κ1) is 40.6. The van der Waals surface area contributed by atoms with E-state index < -0.39 is 76.6 Å². The van der Waals surface area contributed by atoms with Gasteiger partial charge in [-0.3, -0.25) is 14.4 Å². The maximum absolute atomic E-state index is 16.7. The number of hydrogen-bond acceptors (Lipinski definition) is 4. The van der Waals surface area contributed by atoms with E-state index in [0.717, 1.165) is 48.3 Å². The third-order valence-electron chi connectivity index (χ3n) is 10.3. The fourth-order valence-corrected chi connectivity index (χ4v) is 7.64. The zero-order chi connectivity index (χ0) is 39.6. The molecule has 290 valence electrons. The molecule has 7 nitrogen and oxygen atoms in total. The standard InChI is InChI=1S/C41H45F6N3O4/c1-6-7-27-17-29(36-23(4)15-28(42)16-24(36)5)39(44)37(38(27)43)32(19-35(52)53)48-40(54)33(14-22(2)3)50-21-30(31(18-34(50)51)41(45,46)47)26-10-12-49(13-11-26)20-25-8-9-25/h15-18,21-22,25-26,32-33H,8-14,19-20H2,1-5H3,(H,48,54)(H,52,53). The molecule has 54 heavy (non-hydrogen) atoms. The van der Waals surface area contributed by atoms with Crippen molar-refractivity contribution in [1.29, 1.82) is 0 Å². The number of carbonyl (C=O) groups excluding carboxylic acids is 1. The monoisotopic (exact) mass is 757 g/mol. The summed E-state index contributed by atoms with van der Waals surface area (Å²) in [6, 6.07) is 0.651. The number of alkyl halides is 3. The number of benzene rings is 2. The summed E-state index contributed by atoms with van der Waals surface area (Å²) in [6.45, 7) is 9.99. The molecule has 13 heteroatoms. The van der Waals surface area contributed by atoms with Crippen LogP contribution in [-0.4, -0.2) is 46.1 Å². The quantitative estimate of drug-likeness (QED) is 0.143. The van der Waals surface area contributed by atoms with E-state index in [4.69, 9.17) is 0 Å². The number of piperidine rings is 1. The molecule has 2 aromatic carbocycles. The molecular weight excluding hydrogens is 712 g/mol. The number of carboxylic acid groups (broad SMARTS) is 1. The number of aryl methyl sites for hydroxylation is 2. The summed E-state index contributed by atoms with van der Waals surface area (Å²) < 4.78 is 91.3. The number of nitrogens with one attached hydrogen (secondary N) is 1. The summed E-state index contributed by atoms with van der Waals surface area (Å²) in [4.78, 5) is 42.2. The second-order valence-electron chi connectivity index (χ2n) is 15.0. The molecule has 1 aliphatic carbocycles. The van der Waals surface area contributed by atoms with Crippen LogP contribution in [0.3, 0.4) is 0 Å². The summed E-state index contributed by atoms with van der Waals surface area (Å²) in [6.07, 6.45) is -1.71. The van der Waals surface area contributed by atoms with Gasteiger partial charge in [0.05, 0.1) is 23.6 Å². The van der Waals surface area contributed by atoms with Crippen LogP contribution in [0.1, 0.15) is 111 Å². The van der Waals surface area contributed by atoms with Gasteiger partial charge in [0.25, 0.3) is 5.56 Å². The predicted octanol–water partition coefficient (Wildman–Crippen LogP) is 8.45. The van der Waals surface area contributed by atoms with Crippen LogP contribution in [0.2, 0.25) is 0 Å². The van der Waals surface area contributed by atoms with Crippen LogP contribution >= 0.6 is 0 Å². The molecule has 1 saturated heterocycles. The predicted molar refractivity (Wildman–Crippen MR) is 192 cm³/mol. The number of aliphatic carboxylic acids is 1. The van der Waals surface area contributed by atoms with Gasteiger partial charge in [-0.25, -0.2) is 13.2 Å². The SMILES string of the molecule is CC#Cc1cc(-c2c(C)cc(F)cc2C)c(F)c(C(CC(=O)O)NC(=O)C(CC(C)C)n2cc(C3CCN(CC4CC4)CC3)c(C(F)(F)F)cc2=O)c1F. The summed E-state index contributed by atoms with van der Waals surface area (Å²) >= 11 is 0. The zero-order valence-corrected chi connectivity index (χ0v) is 31.0. The van der Waals surface area contributed by atoms with E-state index in [0.29, 0.717) is 49.0 Å². The molecule has 0 spiro atoms. The van der Waals surface area contributed by atoms with Crippen LogP contribution < -0.4 is 10.9 Å². The molecule has 0 bridgehead atoms. The van der Waals surface area contributed by atoms with Gasteiger partial charge >= 0.3 is 12.1 Å². The van der Waals surface area contributed by atoms with Crippen molar-refractivity contribution in [3.05, 3.63) is 91.6 Å². The third-order valence-corrected chi connectivity index (χ3v) is 10.3. The molecule has 2 fully saturated rings. The minimum atomic E-state index is -4.85. The Balaban J connectivity index is 1.59. The number of amides is 1. The van der Waals surface area contributed by atoms with Crippen LogP contribution in [0.15, 0.2) is 35.3 Å². The molecule has 3 aromatic rings. The van der Waals surface area contributed by atoms with Crippen molar-refractivity contribution in [3.63, 3.8) is 0 Å². The van der Waals surface area contributed by atoms with E-state index in [-0.39, 0.29) is 34.6 Å². The highest BCUT2D eigenvalue weighted by Crippen LogP contribution is 2.41. The number of aromatic nitrogens is 1. The van der Waals surface area contributed by atoms with E-state index in [1.54, 1.807) is 13.8 Å². The van der Waals surface area contributed by atoms with Gasteiger partial charge in [-0.2, -0.15) is 13.2 Å². The average molecular weight is 758 g/mol. The molecule has 1 amide bonds. The fraction of sp³-hybridized carbons (Fsp3) is 0.488. The highest BCUT2D eigenvalue weighted by molar-refractivity contribution is 5.82. The van der Waals surface area contributed by atoms with Crippen molar-refractivity contribution in [2.45, 2.75) is 97.3 Å². The smallest absolute Gasteiger partial charge is 0.416 e. The number of likely N-dealkylation sites (tertiary alicyclic amines) is 1. The third kappa shape index (κ3) is 9.20. The molecule has 2 N–H and O–H groups in total. The summed E-state index contributed by atoms with van der Waals surface area (Å²) in [5.41, 5.74) is -2.78. The largest absolute Gasteiger partial charge is 0.481 e. The Bertz CT molecular complexity index is 2010. The Hall–Kier alpha value is -4.57. The second kappa shape index (κ2) is 16.4. The lowest BCUT2D eigenvalue weighted by Crippen LogP contribution is -2.41. The summed E-state index contributed by atoms with van der Waals surface area (Å²) in [7, 11) is 0. The number of carbonyl (C=O) groups is 2. The number of carboxylic acids is 1. The first-order valence-electron chi connectivity index (χ1n) is 18.2. The van der Waals surface area contributed by atoms with Crippen molar-refractivity contribution in [1.82, 2.24) is 14.8 Å². The maximum Gasteiger partial charge on any atom is 0.416 e. The van der Waals surface area contributed by atoms with Gasteiger partial charge in [-0.05, 0) is 124 Å². The minimum absolute atomic E-state index is 0.0678. The number of nitrogens with zero attached hydrogens (tertiary/aromatic N) is 2. The van der Waals surface area contributed by atoms with Crippen LogP contribution in [-0.2, 0) is 15.8 Å². The van der Waals surface area contributed by atoms with Gasteiger partial charge in [0.2, 0.25) is 5.91 Å². The van der Waals surface area contributed by atoms with Crippen LogP contribution in [0.5, 0.6) is 0 Å². The molecule has 2 atom stereocenters. The lowest BCUT2D eigenvalue weighted by molar-refractivity contribution is -0.139. The molecule has 2 heterocycles. The Labute approximate surface area is 310 Å². The summed E-state index contributed by atoms with van der Waals surface area (Å²) in [5, 5.41) is 12.3. The van der Waals surface area contributed by atoms with E-state index in [1.165, 1.54) is 20.8 Å². The molecule has 1 aliphatic heterocycles. The van der Waals surface area contributed by atoms with Crippen LogP contribution in [0.25, 0.3) is 11.1 Å². The van der Waals surface area contributed by atoms with Crippen molar-refractivity contribution in [2.75, 3.05) is 19.6 Å². The van der Waals surface area contributed by atoms with E-state index in [1.807, 2.05) is 0 Å². The second-order valence-corrected chi connectivity index (χ2v) is 15.0.